The molecule has 0 N–H and O–H groups in total. The van der Waals surface area contributed by atoms with Crippen molar-refractivity contribution in [3.05, 3.63) is 17.5 Å². The Morgan fingerprint density at radius 1 is 1.60 bits per heavy atom. The standard InChI is InChI=1S/C10H13BrClN3/c1-7-8(11)3-2-4-15(7)10-9(12)5-13-6-14-10/h5-8H,2-4H2,1H3. The van der Waals surface area contributed by atoms with Crippen molar-refractivity contribution in [1.82, 2.24) is 9.97 Å². The van der Waals surface area contributed by atoms with E-state index in [9.17, 15) is 0 Å². The summed E-state index contributed by atoms with van der Waals surface area (Å²) in [5, 5.41) is 0.631. The van der Waals surface area contributed by atoms with Gasteiger partial charge in [-0.25, -0.2) is 9.97 Å². The third kappa shape index (κ3) is 2.26. The average Bonchev–Trinajstić information content (AvgIpc) is 2.23. The van der Waals surface area contributed by atoms with E-state index in [0.29, 0.717) is 15.9 Å². The van der Waals surface area contributed by atoms with Gasteiger partial charge >= 0.3 is 0 Å². The minimum absolute atomic E-state index is 0.422. The summed E-state index contributed by atoms with van der Waals surface area (Å²) in [6.07, 6.45) is 5.57. The van der Waals surface area contributed by atoms with Crippen LogP contribution in [0.3, 0.4) is 0 Å². The maximum Gasteiger partial charge on any atom is 0.151 e. The van der Waals surface area contributed by atoms with Crippen LogP contribution in [0.4, 0.5) is 5.82 Å². The van der Waals surface area contributed by atoms with Crippen LogP contribution in [0.1, 0.15) is 19.8 Å². The lowest BCUT2D eigenvalue weighted by atomic mass is 10.0. The van der Waals surface area contributed by atoms with Crippen molar-refractivity contribution in [3.8, 4) is 0 Å². The number of hydrogen-bond donors (Lipinski definition) is 0. The molecule has 15 heavy (non-hydrogen) atoms. The Morgan fingerprint density at radius 2 is 2.40 bits per heavy atom. The van der Waals surface area contributed by atoms with E-state index in [1.807, 2.05) is 0 Å². The van der Waals surface area contributed by atoms with Gasteiger partial charge < -0.3 is 4.90 Å². The second-order valence-corrected chi connectivity index (χ2v) is 5.37. The molecule has 1 aromatic rings. The zero-order chi connectivity index (χ0) is 10.8. The molecule has 1 fully saturated rings. The molecular formula is C10H13BrClN3. The SMILES string of the molecule is CC1C(Br)CCCN1c1ncncc1Cl. The fraction of sp³-hybridized carbons (Fsp3) is 0.600. The zero-order valence-corrected chi connectivity index (χ0v) is 10.9. The van der Waals surface area contributed by atoms with E-state index in [2.05, 4.69) is 37.7 Å². The number of alkyl halides is 1. The summed E-state index contributed by atoms with van der Waals surface area (Å²) in [6.45, 7) is 3.21. The van der Waals surface area contributed by atoms with E-state index in [1.54, 1.807) is 12.5 Å². The van der Waals surface area contributed by atoms with Gasteiger partial charge in [0.05, 0.1) is 6.20 Å². The van der Waals surface area contributed by atoms with Crippen LogP contribution in [0.25, 0.3) is 0 Å². The highest BCUT2D eigenvalue weighted by molar-refractivity contribution is 9.09. The molecule has 1 aliphatic rings. The summed E-state index contributed by atoms with van der Waals surface area (Å²) < 4.78 is 0. The Morgan fingerprint density at radius 3 is 3.13 bits per heavy atom. The maximum atomic E-state index is 6.09. The minimum atomic E-state index is 0.422. The lowest BCUT2D eigenvalue weighted by molar-refractivity contribution is 0.499. The van der Waals surface area contributed by atoms with Crippen LogP contribution in [0.15, 0.2) is 12.5 Å². The van der Waals surface area contributed by atoms with Crippen LogP contribution in [-0.4, -0.2) is 27.4 Å². The first kappa shape index (κ1) is 11.1. The predicted molar refractivity (Wildman–Crippen MR) is 65.8 cm³/mol. The first-order chi connectivity index (χ1) is 7.20. The Bertz CT molecular complexity index is 347. The molecule has 0 bridgehead atoms. The smallest absolute Gasteiger partial charge is 0.151 e. The lowest BCUT2D eigenvalue weighted by Crippen LogP contribution is -2.44. The van der Waals surface area contributed by atoms with Crippen molar-refractivity contribution in [2.75, 3.05) is 11.4 Å². The van der Waals surface area contributed by atoms with E-state index < -0.39 is 0 Å². The lowest BCUT2D eigenvalue weighted by Gasteiger charge is -2.38. The first-order valence-corrected chi connectivity index (χ1v) is 6.35. The normalized spacial score (nSPS) is 26.7. The van der Waals surface area contributed by atoms with E-state index in [1.165, 1.54) is 12.8 Å². The maximum absolute atomic E-state index is 6.09. The molecule has 0 spiro atoms. The predicted octanol–water partition coefficient (Wildman–Crippen LogP) is 2.88. The molecule has 1 aromatic heterocycles. The summed E-state index contributed by atoms with van der Waals surface area (Å²) >= 11 is 9.78. The van der Waals surface area contributed by atoms with Crippen molar-refractivity contribution in [3.63, 3.8) is 0 Å². The van der Waals surface area contributed by atoms with E-state index in [4.69, 9.17) is 11.6 Å². The number of piperidine rings is 1. The quantitative estimate of drug-likeness (QED) is 0.745. The van der Waals surface area contributed by atoms with Gasteiger partial charge in [0, 0.05) is 17.4 Å². The summed E-state index contributed by atoms with van der Waals surface area (Å²) in [5.74, 6) is 0.850. The molecule has 0 aromatic carbocycles. The van der Waals surface area contributed by atoms with Gasteiger partial charge in [-0.15, -0.1) is 0 Å². The Kier molecular flexibility index (Phi) is 3.46. The number of nitrogens with zero attached hydrogens (tertiary/aromatic N) is 3. The van der Waals surface area contributed by atoms with Crippen molar-refractivity contribution >= 4 is 33.3 Å². The molecule has 0 amide bonds. The second kappa shape index (κ2) is 4.66. The molecule has 2 rings (SSSR count). The van der Waals surface area contributed by atoms with Crippen LogP contribution < -0.4 is 4.90 Å². The van der Waals surface area contributed by atoms with Gasteiger partial charge in [0.2, 0.25) is 0 Å². The summed E-state index contributed by atoms with van der Waals surface area (Å²) in [4.78, 5) is 10.9. The minimum Gasteiger partial charge on any atom is -0.351 e. The van der Waals surface area contributed by atoms with Crippen LogP contribution in [0.5, 0.6) is 0 Å². The molecule has 2 unspecified atom stereocenters. The summed E-state index contributed by atoms with van der Waals surface area (Å²) in [5.41, 5.74) is 0. The Hall–Kier alpha value is -0.350. The summed E-state index contributed by atoms with van der Waals surface area (Å²) in [7, 11) is 0. The van der Waals surface area contributed by atoms with Gasteiger partial charge in [0.15, 0.2) is 5.82 Å². The molecule has 2 heterocycles. The topological polar surface area (TPSA) is 29.0 Å². The van der Waals surface area contributed by atoms with Gasteiger partial charge in [0.1, 0.15) is 11.3 Å². The number of aromatic nitrogens is 2. The van der Waals surface area contributed by atoms with Crippen molar-refractivity contribution < 1.29 is 0 Å². The Balaban J connectivity index is 2.26. The van der Waals surface area contributed by atoms with E-state index >= 15 is 0 Å². The van der Waals surface area contributed by atoms with Crippen LogP contribution in [0, 0.1) is 0 Å². The van der Waals surface area contributed by atoms with Crippen molar-refractivity contribution in [1.29, 1.82) is 0 Å². The van der Waals surface area contributed by atoms with Gasteiger partial charge in [-0.1, -0.05) is 27.5 Å². The molecule has 0 aliphatic carbocycles. The molecular weight excluding hydrogens is 277 g/mol. The largest absolute Gasteiger partial charge is 0.351 e. The molecule has 5 heteroatoms. The number of halogens is 2. The van der Waals surface area contributed by atoms with Crippen LogP contribution in [0.2, 0.25) is 5.02 Å². The summed E-state index contributed by atoms with van der Waals surface area (Å²) in [6, 6.07) is 0.422. The molecule has 82 valence electrons. The van der Waals surface area contributed by atoms with E-state index in [-0.39, 0.29) is 0 Å². The highest BCUT2D eigenvalue weighted by Crippen LogP contribution is 2.30. The van der Waals surface area contributed by atoms with Crippen molar-refractivity contribution in [2.45, 2.75) is 30.6 Å². The first-order valence-electron chi connectivity index (χ1n) is 5.06. The third-order valence-corrected chi connectivity index (χ3v) is 4.30. The highest BCUT2D eigenvalue weighted by atomic mass is 79.9. The monoisotopic (exact) mass is 289 g/mol. The molecule has 0 radical (unpaired) electrons. The van der Waals surface area contributed by atoms with Gasteiger partial charge in [-0.05, 0) is 19.8 Å². The van der Waals surface area contributed by atoms with E-state index in [0.717, 1.165) is 12.4 Å². The van der Waals surface area contributed by atoms with Crippen molar-refractivity contribution in [2.24, 2.45) is 0 Å². The van der Waals surface area contributed by atoms with Crippen LogP contribution >= 0.6 is 27.5 Å². The fourth-order valence-corrected chi connectivity index (χ4v) is 2.74. The highest BCUT2D eigenvalue weighted by Gasteiger charge is 2.27. The van der Waals surface area contributed by atoms with Crippen LogP contribution in [-0.2, 0) is 0 Å². The average molecular weight is 291 g/mol. The Labute approximate surface area is 103 Å². The van der Waals surface area contributed by atoms with Gasteiger partial charge in [-0.3, -0.25) is 0 Å². The number of hydrogen-bond acceptors (Lipinski definition) is 3. The number of anilines is 1. The third-order valence-electron chi connectivity index (χ3n) is 2.81. The fourth-order valence-electron chi connectivity index (χ4n) is 1.91. The molecule has 0 saturated carbocycles. The van der Waals surface area contributed by atoms with Gasteiger partial charge in [0.25, 0.3) is 0 Å². The van der Waals surface area contributed by atoms with Gasteiger partial charge in [-0.2, -0.15) is 0 Å². The second-order valence-electron chi connectivity index (χ2n) is 3.79. The molecule has 1 saturated heterocycles. The molecule has 3 nitrogen and oxygen atoms in total. The number of rotatable bonds is 1. The molecule has 1 aliphatic heterocycles. The zero-order valence-electron chi connectivity index (χ0n) is 8.53. The molecule has 2 atom stereocenters.